The minimum absolute atomic E-state index is 0.0144. The molecule has 5 heteroatoms. The number of para-hydroxylation sites is 1. The van der Waals surface area contributed by atoms with Gasteiger partial charge in [-0.25, -0.2) is 4.98 Å². The maximum Gasteiger partial charge on any atom is 0.134 e. The van der Waals surface area contributed by atoms with Crippen LogP contribution in [0.25, 0.3) is 10.9 Å². The molecule has 1 aromatic carbocycles. The summed E-state index contributed by atoms with van der Waals surface area (Å²) in [6.45, 7) is 2.70. The minimum Gasteiger partial charge on any atom is -0.392 e. The highest BCUT2D eigenvalue weighted by atomic mass is 16.5. The molecule has 1 aliphatic rings. The van der Waals surface area contributed by atoms with Crippen LogP contribution in [-0.2, 0) is 16.1 Å². The molecule has 0 saturated carbocycles. The van der Waals surface area contributed by atoms with Gasteiger partial charge in [0.1, 0.15) is 5.82 Å². The Balaban J connectivity index is 1.94. The molecule has 0 spiro atoms. The van der Waals surface area contributed by atoms with Crippen LogP contribution in [0.3, 0.4) is 0 Å². The zero-order chi connectivity index (χ0) is 14.7. The van der Waals surface area contributed by atoms with Crippen molar-refractivity contribution in [2.24, 2.45) is 0 Å². The highest BCUT2D eigenvalue weighted by Crippen LogP contribution is 2.25. The monoisotopic (exact) mass is 288 g/mol. The number of aromatic nitrogens is 1. The van der Waals surface area contributed by atoms with Crippen molar-refractivity contribution in [2.45, 2.75) is 12.7 Å². The third-order valence-corrected chi connectivity index (χ3v) is 3.74. The summed E-state index contributed by atoms with van der Waals surface area (Å²) in [5, 5.41) is 10.7. The number of aliphatic hydroxyl groups excluding tert-OH is 1. The van der Waals surface area contributed by atoms with Crippen LogP contribution in [0, 0.1) is 0 Å². The largest absolute Gasteiger partial charge is 0.392 e. The number of anilines is 1. The van der Waals surface area contributed by atoms with Gasteiger partial charge in [-0.15, -0.1) is 0 Å². The summed E-state index contributed by atoms with van der Waals surface area (Å²) in [7, 11) is 1.68. The van der Waals surface area contributed by atoms with Crippen molar-refractivity contribution in [3.63, 3.8) is 0 Å². The molecule has 1 aromatic heterocycles. The Kier molecular flexibility index (Phi) is 4.34. The zero-order valence-electron chi connectivity index (χ0n) is 12.2. The molecule has 5 nitrogen and oxygen atoms in total. The average molecular weight is 288 g/mol. The Hall–Kier alpha value is -1.69. The smallest absolute Gasteiger partial charge is 0.134 e. The van der Waals surface area contributed by atoms with E-state index in [1.807, 2.05) is 30.3 Å². The Morgan fingerprint density at radius 3 is 3.10 bits per heavy atom. The van der Waals surface area contributed by atoms with E-state index in [0.29, 0.717) is 13.2 Å². The van der Waals surface area contributed by atoms with Gasteiger partial charge in [0.05, 0.1) is 31.4 Å². The van der Waals surface area contributed by atoms with E-state index in [1.165, 1.54) is 0 Å². The van der Waals surface area contributed by atoms with Crippen molar-refractivity contribution < 1.29 is 14.6 Å². The molecule has 0 amide bonds. The maximum absolute atomic E-state index is 9.66. The van der Waals surface area contributed by atoms with Gasteiger partial charge in [-0.1, -0.05) is 18.2 Å². The highest BCUT2D eigenvalue weighted by molar-refractivity contribution is 5.81. The first-order chi connectivity index (χ1) is 10.3. The zero-order valence-corrected chi connectivity index (χ0v) is 12.2. The number of aliphatic hydroxyl groups is 1. The molecular formula is C16H20N2O3. The molecule has 2 aromatic rings. The highest BCUT2D eigenvalue weighted by Gasteiger charge is 2.23. The van der Waals surface area contributed by atoms with E-state index in [4.69, 9.17) is 14.5 Å². The number of morpholine rings is 1. The molecular weight excluding hydrogens is 268 g/mol. The molecule has 3 rings (SSSR count). The van der Waals surface area contributed by atoms with E-state index in [1.54, 1.807) is 7.11 Å². The van der Waals surface area contributed by atoms with Crippen LogP contribution >= 0.6 is 0 Å². The van der Waals surface area contributed by atoms with Gasteiger partial charge in [-0.05, 0) is 12.1 Å². The second-order valence-electron chi connectivity index (χ2n) is 5.22. The number of hydrogen-bond donors (Lipinski definition) is 1. The summed E-state index contributed by atoms with van der Waals surface area (Å²) in [6.07, 6.45) is 0.0450. The topological polar surface area (TPSA) is 54.8 Å². The third-order valence-electron chi connectivity index (χ3n) is 3.74. The second-order valence-corrected chi connectivity index (χ2v) is 5.22. The minimum atomic E-state index is -0.0144. The molecule has 21 heavy (non-hydrogen) atoms. The van der Waals surface area contributed by atoms with Gasteiger partial charge in [0.25, 0.3) is 0 Å². The van der Waals surface area contributed by atoms with Gasteiger partial charge in [0, 0.05) is 31.1 Å². The third kappa shape index (κ3) is 3.00. The van der Waals surface area contributed by atoms with Crippen molar-refractivity contribution >= 4 is 16.7 Å². The number of hydrogen-bond acceptors (Lipinski definition) is 5. The first kappa shape index (κ1) is 14.3. The van der Waals surface area contributed by atoms with Gasteiger partial charge in [-0.3, -0.25) is 0 Å². The quantitative estimate of drug-likeness (QED) is 0.925. The summed E-state index contributed by atoms with van der Waals surface area (Å²) in [6, 6.07) is 9.98. The summed E-state index contributed by atoms with van der Waals surface area (Å²) in [5.74, 6) is 0.848. The summed E-state index contributed by atoms with van der Waals surface area (Å²) >= 11 is 0. The second kappa shape index (κ2) is 6.39. The fraction of sp³-hybridized carbons (Fsp3) is 0.438. The Morgan fingerprint density at radius 1 is 1.43 bits per heavy atom. The van der Waals surface area contributed by atoms with Crippen molar-refractivity contribution in [3.8, 4) is 0 Å². The predicted molar refractivity (Wildman–Crippen MR) is 81.5 cm³/mol. The fourth-order valence-electron chi connectivity index (χ4n) is 2.74. The maximum atomic E-state index is 9.66. The standard InChI is InChI=1S/C16H20N2O3/c1-20-11-14-9-18(6-7-21-14)16-13(10-19)8-12-4-2-3-5-15(12)17-16/h2-5,8,14,19H,6-7,9-11H2,1H3/t14-/m1/s1. The molecule has 1 N–H and O–H groups in total. The van der Waals surface area contributed by atoms with Crippen LogP contribution in [0.4, 0.5) is 5.82 Å². The lowest BCUT2D eigenvalue weighted by Crippen LogP contribution is -2.45. The summed E-state index contributed by atoms with van der Waals surface area (Å²) in [4.78, 5) is 6.91. The normalized spacial score (nSPS) is 19.1. The van der Waals surface area contributed by atoms with E-state index in [9.17, 15) is 5.11 Å². The van der Waals surface area contributed by atoms with E-state index < -0.39 is 0 Å². The molecule has 1 saturated heterocycles. The van der Waals surface area contributed by atoms with Crippen molar-refractivity contribution in [1.82, 2.24) is 4.98 Å². The first-order valence-corrected chi connectivity index (χ1v) is 7.17. The van der Waals surface area contributed by atoms with Crippen LogP contribution in [0.15, 0.2) is 30.3 Å². The van der Waals surface area contributed by atoms with E-state index >= 15 is 0 Å². The number of fused-ring (bicyclic) bond motifs is 1. The number of benzene rings is 1. The molecule has 0 radical (unpaired) electrons. The van der Waals surface area contributed by atoms with Crippen LogP contribution in [0.5, 0.6) is 0 Å². The van der Waals surface area contributed by atoms with E-state index in [-0.39, 0.29) is 12.7 Å². The first-order valence-electron chi connectivity index (χ1n) is 7.17. The lowest BCUT2D eigenvalue weighted by atomic mass is 10.1. The SMILES string of the molecule is COC[C@H]1CN(c2nc3ccccc3cc2CO)CCO1. The molecule has 1 fully saturated rings. The molecule has 112 valence electrons. The number of nitrogens with zero attached hydrogens (tertiary/aromatic N) is 2. The fourth-order valence-corrected chi connectivity index (χ4v) is 2.74. The molecule has 0 bridgehead atoms. The van der Waals surface area contributed by atoms with E-state index in [0.717, 1.165) is 35.4 Å². The van der Waals surface area contributed by atoms with Crippen molar-refractivity contribution in [2.75, 3.05) is 38.3 Å². The lowest BCUT2D eigenvalue weighted by molar-refractivity contribution is -0.0103. The predicted octanol–water partition coefficient (Wildman–Crippen LogP) is 1.58. The number of methoxy groups -OCH3 is 1. The summed E-state index contributed by atoms with van der Waals surface area (Å²) < 4.78 is 10.8. The molecule has 1 aliphatic heterocycles. The van der Waals surface area contributed by atoms with Crippen LogP contribution in [-0.4, -0.2) is 49.6 Å². The van der Waals surface area contributed by atoms with Crippen LogP contribution < -0.4 is 4.90 Å². The average Bonchev–Trinajstić information content (AvgIpc) is 2.54. The van der Waals surface area contributed by atoms with Gasteiger partial charge in [-0.2, -0.15) is 0 Å². The number of ether oxygens (including phenoxy) is 2. The van der Waals surface area contributed by atoms with Gasteiger partial charge in [0.2, 0.25) is 0 Å². The van der Waals surface area contributed by atoms with Gasteiger partial charge < -0.3 is 19.5 Å². The summed E-state index contributed by atoms with van der Waals surface area (Å²) in [5.41, 5.74) is 1.80. The van der Waals surface area contributed by atoms with Gasteiger partial charge in [0.15, 0.2) is 0 Å². The molecule has 2 heterocycles. The number of rotatable bonds is 4. The Bertz CT molecular complexity index is 615. The van der Waals surface area contributed by atoms with E-state index in [2.05, 4.69) is 4.90 Å². The molecule has 0 unspecified atom stereocenters. The molecule has 1 atom stereocenters. The molecule has 0 aliphatic carbocycles. The van der Waals surface area contributed by atoms with Crippen molar-refractivity contribution in [3.05, 3.63) is 35.9 Å². The van der Waals surface area contributed by atoms with Crippen LogP contribution in [0.1, 0.15) is 5.56 Å². The Labute approximate surface area is 124 Å². The Morgan fingerprint density at radius 2 is 2.29 bits per heavy atom. The van der Waals surface area contributed by atoms with Crippen molar-refractivity contribution in [1.29, 1.82) is 0 Å². The number of pyridine rings is 1. The van der Waals surface area contributed by atoms with Crippen LogP contribution in [0.2, 0.25) is 0 Å². The lowest BCUT2D eigenvalue weighted by Gasteiger charge is -2.34. The van der Waals surface area contributed by atoms with Gasteiger partial charge >= 0.3 is 0 Å².